The molecule has 2 amide bonds. The van der Waals surface area contributed by atoms with Crippen molar-refractivity contribution in [2.45, 2.75) is 51.7 Å². The first-order chi connectivity index (χ1) is 15.0. The van der Waals surface area contributed by atoms with Gasteiger partial charge in [-0.3, -0.25) is 14.3 Å². The van der Waals surface area contributed by atoms with Crippen molar-refractivity contribution in [1.82, 2.24) is 24.9 Å². The first-order valence-electron chi connectivity index (χ1n) is 11.1. The molecule has 0 spiro atoms. The fraction of sp³-hybridized carbons (Fsp3) is 0.522. The fourth-order valence-electron chi connectivity index (χ4n) is 4.37. The van der Waals surface area contributed by atoms with Crippen molar-refractivity contribution in [3.05, 3.63) is 52.3 Å². The predicted molar refractivity (Wildman–Crippen MR) is 120 cm³/mol. The molecular formula is C23H30ClN5O2. The normalized spacial score (nSPS) is 19.4. The molecule has 0 radical (unpaired) electrons. The highest BCUT2D eigenvalue weighted by molar-refractivity contribution is 6.30. The highest BCUT2D eigenvalue weighted by Crippen LogP contribution is 2.18. The molecule has 1 atom stereocenters. The molecular weight excluding hydrogens is 414 g/mol. The Balaban J connectivity index is 1.30. The maximum atomic E-state index is 12.9. The Kier molecular flexibility index (Phi) is 6.92. The number of rotatable bonds is 7. The first-order valence-corrected chi connectivity index (χ1v) is 11.5. The van der Waals surface area contributed by atoms with Gasteiger partial charge >= 0.3 is 0 Å². The van der Waals surface area contributed by atoms with Crippen molar-refractivity contribution in [3.8, 4) is 0 Å². The number of likely N-dealkylation sites (tertiary alicyclic amines) is 1. The number of fused-ring (bicyclic) bond motifs is 1. The van der Waals surface area contributed by atoms with E-state index in [-0.39, 0.29) is 11.8 Å². The lowest BCUT2D eigenvalue weighted by atomic mass is 10.0. The number of piperidine rings is 1. The van der Waals surface area contributed by atoms with Gasteiger partial charge in [-0.05, 0) is 50.4 Å². The van der Waals surface area contributed by atoms with E-state index in [2.05, 4.69) is 22.2 Å². The van der Waals surface area contributed by atoms with Crippen LogP contribution < -0.4 is 5.32 Å². The third-order valence-electron chi connectivity index (χ3n) is 6.24. The van der Waals surface area contributed by atoms with E-state index in [0.29, 0.717) is 48.6 Å². The Morgan fingerprint density at radius 2 is 2.00 bits per heavy atom. The van der Waals surface area contributed by atoms with E-state index in [9.17, 15) is 9.59 Å². The maximum Gasteiger partial charge on any atom is 0.272 e. The zero-order valence-corrected chi connectivity index (χ0v) is 18.8. The second-order valence-electron chi connectivity index (χ2n) is 8.48. The summed E-state index contributed by atoms with van der Waals surface area (Å²) in [7, 11) is 0. The smallest absolute Gasteiger partial charge is 0.272 e. The summed E-state index contributed by atoms with van der Waals surface area (Å²) in [5.74, 6) is -0.322. The second kappa shape index (κ2) is 9.83. The molecule has 8 heteroatoms. The van der Waals surface area contributed by atoms with Crippen LogP contribution in [0, 0.1) is 0 Å². The third kappa shape index (κ3) is 5.28. The highest BCUT2D eigenvalue weighted by atomic mass is 35.5. The highest BCUT2D eigenvalue weighted by Gasteiger charge is 2.28. The molecule has 2 aromatic rings. The van der Waals surface area contributed by atoms with E-state index in [1.54, 1.807) is 15.6 Å². The van der Waals surface area contributed by atoms with Crippen LogP contribution in [-0.4, -0.2) is 63.6 Å². The largest absolute Gasteiger partial charge is 0.351 e. The Hall–Kier alpha value is -2.38. The molecule has 7 nitrogen and oxygen atoms in total. The Morgan fingerprint density at radius 1 is 1.19 bits per heavy atom. The summed E-state index contributed by atoms with van der Waals surface area (Å²) in [6.45, 7) is 6.69. The fourth-order valence-corrected chi connectivity index (χ4v) is 4.50. The van der Waals surface area contributed by atoms with Crippen LogP contribution in [-0.2, 0) is 13.1 Å². The number of nitrogens with one attached hydrogen (secondary N) is 1. The molecule has 166 valence electrons. The SMILES string of the molecule is C[C@H]1CCCCN1CCCNC(=O)c1cc2n(n1)CCN(Cc1ccc(Cl)cc1)C2=O. The van der Waals surface area contributed by atoms with E-state index in [0.717, 1.165) is 25.1 Å². The van der Waals surface area contributed by atoms with E-state index in [1.807, 2.05) is 24.3 Å². The number of halogens is 1. The van der Waals surface area contributed by atoms with E-state index in [1.165, 1.54) is 19.3 Å². The van der Waals surface area contributed by atoms with Gasteiger partial charge in [-0.1, -0.05) is 30.2 Å². The van der Waals surface area contributed by atoms with Gasteiger partial charge in [-0.15, -0.1) is 0 Å². The van der Waals surface area contributed by atoms with Gasteiger partial charge in [0.05, 0.1) is 6.54 Å². The summed E-state index contributed by atoms with van der Waals surface area (Å²) in [5.41, 5.74) is 1.79. The van der Waals surface area contributed by atoms with Gasteiger partial charge in [0, 0.05) is 43.3 Å². The first kappa shape index (κ1) is 21.8. The molecule has 1 N–H and O–H groups in total. The summed E-state index contributed by atoms with van der Waals surface area (Å²) in [6, 6.07) is 9.73. The average Bonchev–Trinajstić information content (AvgIpc) is 3.21. The lowest BCUT2D eigenvalue weighted by Gasteiger charge is -2.33. The summed E-state index contributed by atoms with van der Waals surface area (Å²) in [4.78, 5) is 29.7. The Labute approximate surface area is 188 Å². The van der Waals surface area contributed by atoms with Crippen LogP contribution in [0.3, 0.4) is 0 Å². The molecule has 1 saturated heterocycles. The van der Waals surface area contributed by atoms with Crippen LogP contribution in [0.5, 0.6) is 0 Å². The van der Waals surface area contributed by atoms with Gasteiger partial charge in [-0.25, -0.2) is 0 Å². The lowest BCUT2D eigenvalue weighted by Crippen LogP contribution is -2.39. The van der Waals surface area contributed by atoms with E-state index in [4.69, 9.17) is 11.6 Å². The van der Waals surface area contributed by atoms with E-state index < -0.39 is 0 Å². The quantitative estimate of drug-likeness (QED) is 0.667. The molecule has 3 heterocycles. The van der Waals surface area contributed by atoms with Crippen LogP contribution in [0.1, 0.15) is 59.1 Å². The van der Waals surface area contributed by atoms with Gasteiger partial charge in [0.2, 0.25) is 0 Å². The topological polar surface area (TPSA) is 70.5 Å². The molecule has 0 bridgehead atoms. The zero-order valence-electron chi connectivity index (χ0n) is 18.0. The van der Waals surface area contributed by atoms with Crippen LogP contribution in [0.15, 0.2) is 30.3 Å². The van der Waals surface area contributed by atoms with Gasteiger partial charge in [0.25, 0.3) is 11.8 Å². The maximum absolute atomic E-state index is 12.9. The van der Waals surface area contributed by atoms with Gasteiger partial charge in [-0.2, -0.15) is 5.10 Å². The second-order valence-corrected chi connectivity index (χ2v) is 8.92. The molecule has 31 heavy (non-hydrogen) atoms. The number of hydrogen-bond donors (Lipinski definition) is 1. The van der Waals surface area contributed by atoms with Crippen LogP contribution in [0.25, 0.3) is 0 Å². The average molecular weight is 444 g/mol. The van der Waals surface area contributed by atoms with Crippen LogP contribution in [0.2, 0.25) is 5.02 Å². The molecule has 1 fully saturated rings. The number of carbonyl (C=O) groups excluding carboxylic acids is 2. The molecule has 0 unspecified atom stereocenters. The van der Waals surface area contributed by atoms with Crippen molar-refractivity contribution in [2.75, 3.05) is 26.2 Å². The minimum Gasteiger partial charge on any atom is -0.351 e. The molecule has 0 saturated carbocycles. The van der Waals surface area contributed by atoms with E-state index >= 15 is 0 Å². The van der Waals surface area contributed by atoms with Gasteiger partial charge < -0.3 is 15.1 Å². The lowest BCUT2D eigenvalue weighted by molar-refractivity contribution is 0.0683. The van der Waals surface area contributed by atoms with Crippen LogP contribution >= 0.6 is 11.6 Å². The third-order valence-corrected chi connectivity index (χ3v) is 6.49. The minimum atomic E-state index is -0.217. The Bertz CT molecular complexity index is 927. The summed E-state index contributed by atoms with van der Waals surface area (Å²) in [6.07, 6.45) is 4.75. The van der Waals surface area contributed by atoms with Crippen LogP contribution in [0.4, 0.5) is 0 Å². The number of benzene rings is 1. The van der Waals surface area contributed by atoms with Crippen molar-refractivity contribution < 1.29 is 9.59 Å². The standard InChI is InChI=1S/C23H30ClN5O2/c1-17-5-2-3-11-27(17)12-4-10-25-22(30)20-15-21-23(31)28(13-14-29(21)26-20)16-18-6-8-19(24)9-7-18/h6-9,15,17H,2-5,10-14,16H2,1H3,(H,25,30)/t17-/m0/s1. The summed E-state index contributed by atoms with van der Waals surface area (Å²) < 4.78 is 1.64. The molecule has 2 aliphatic rings. The van der Waals surface area contributed by atoms with Crippen molar-refractivity contribution in [2.24, 2.45) is 0 Å². The number of hydrogen-bond acceptors (Lipinski definition) is 4. The Morgan fingerprint density at radius 3 is 2.77 bits per heavy atom. The molecule has 1 aromatic heterocycles. The summed E-state index contributed by atoms with van der Waals surface area (Å²) in [5, 5.41) is 7.99. The van der Waals surface area contributed by atoms with Crippen molar-refractivity contribution in [3.63, 3.8) is 0 Å². The monoisotopic (exact) mass is 443 g/mol. The molecule has 4 rings (SSSR count). The summed E-state index contributed by atoms with van der Waals surface area (Å²) >= 11 is 5.94. The molecule has 0 aliphatic carbocycles. The van der Waals surface area contributed by atoms with Gasteiger partial charge in [0.15, 0.2) is 5.69 Å². The number of nitrogens with zero attached hydrogens (tertiary/aromatic N) is 4. The predicted octanol–water partition coefficient (Wildman–Crippen LogP) is 3.19. The number of aromatic nitrogens is 2. The molecule has 1 aromatic carbocycles. The van der Waals surface area contributed by atoms with Crippen molar-refractivity contribution in [1.29, 1.82) is 0 Å². The number of carbonyl (C=O) groups is 2. The van der Waals surface area contributed by atoms with Crippen molar-refractivity contribution >= 4 is 23.4 Å². The molecule has 2 aliphatic heterocycles. The zero-order chi connectivity index (χ0) is 21.8. The minimum absolute atomic E-state index is 0.105. The number of amides is 2. The van der Waals surface area contributed by atoms with Gasteiger partial charge in [0.1, 0.15) is 5.69 Å².